The monoisotopic (exact) mass is 568 g/mol. The quantitative estimate of drug-likeness (QED) is 0.213. The Bertz CT molecular complexity index is 1710. The maximum atomic E-state index is 12.5. The molecule has 0 radical (unpaired) electrons. The smallest absolute Gasteiger partial charge is 0.319 e. The summed E-state index contributed by atoms with van der Waals surface area (Å²) in [5.41, 5.74) is 6.70. The van der Waals surface area contributed by atoms with Crippen molar-refractivity contribution in [1.82, 2.24) is 50.4 Å². The summed E-state index contributed by atoms with van der Waals surface area (Å²) >= 11 is 0. The zero-order valence-corrected chi connectivity index (χ0v) is 23.8. The molecule has 1 saturated carbocycles. The number of carbonyl (C=O) groups excluding carboxylic acids is 1. The number of aryl methyl sites for hydroxylation is 3. The van der Waals surface area contributed by atoms with E-state index in [9.17, 15) is 4.79 Å². The number of carbonyl (C=O) groups is 1. The molecule has 13 heteroatoms. The van der Waals surface area contributed by atoms with Gasteiger partial charge in [-0.15, -0.1) is 10.2 Å². The lowest BCUT2D eigenvalue weighted by molar-refractivity contribution is 0.0945. The summed E-state index contributed by atoms with van der Waals surface area (Å²) in [5.74, 6) is 0.631. The molecule has 216 valence electrons. The first kappa shape index (κ1) is 27.2. The molecule has 13 nitrogen and oxygen atoms in total. The van der Waals surface area contributed by atoms with Crippen molar-refractivity contribution in [3.8, 4) is 23.0 Å². The Kier molecular flexibility index (Phi) is 7.71. The largest absolute Gasteiger partial charge is 0.480 e. The predicted octanol–water partition coefficient (Wildman–Crippen LogP) is 3.56. The van der Waals surface area contributed by atoms with E-state index in [1.165, 1.54) is 7.11 Å². The molecule has 0 unspecified atom stereocenters. The number of ether oxygens (including phenoxy) is 2. The number of hydrogen-bond acceptors (Lipinski definition) is 10. The minimum Gasteiger partial charge on any atom is -0.480 e. The van der Waals surface area contributed by atoms with Crippen molar-refractivity contribution in [2.45, 2.75) is 58.0 Å². The number of H-pyrrole nitrogens is 1. The molecule has 6 rings (SSSR count). The molecule has 0 bridgehead atoms. The minimum atomic E-state index is -0.267. The van der Waals surface area contributed by atoms with Crippen molar-refractivity contribution in [3.63, 3.8) is 0 Å². The van der Waals surface area contributed by atoms with E-state index in [0.717, 1.165) is 76.9 Å². The van der Waals surface area contributed by atoms with Gasteiger partial charge in [0.1, 0.15) is 0 Å². The van der Waals surface area contributed by atoms with Crippen LogP contribution < -0.4 is 14.8 Å². The molecule has 1 aliphatic rings. The maximum Gasteiger partial charge on any atom is 0.319 e. The summed E-state index contributed by atoms with van der Waals surface area (Å²) < 4.78 is 12.5. The average Bonchev–Trinajstić information content (AvgIpc) is 3.64. The molecule has 0 aromatic carbocycles. The Balaban J connectivity index is 1.09. The van der Waals surface area contributed by atoms with Crippen LogP contribution in [0.25, 0.3) is 22.2 Å². The van der Waals surface area contributed by atoms with Crippen LogP contribution >= 0.6 is 0 Å². The zero-order valence-electron chi connectivity index (χ0n) is 23.8. The number of fused-ring (bicyclic) bond motifs is 1. The Morgan fingerprint density at radius 3 is 2.74 bits per heavy atom. The van der Waals surface area contributed by atoms with Crippen molar-refractivity contribution in [3.05, 3.63) is 65.1 Å². The van der Waals surface area contributed by atoms with Gasteiger partial charge in [-0.05, 0) is 62.6 Å². The Hall–Kier alpha value is -4.94. The summed E-state index contributed by atoms with van der Waals surface area (Å²) in [6.45, 7) is 2.94. The van der Waals surface area contributed by atoms with E-state index >= 15 is 0 Å². The third-order valence-corrected chi connectivity index (χ3v) is 7.27. The molecule has 1 amide bonds. The molecule has 42 heavy (non-hydrogen) atoms. The van der Waals surface area contributed by atoms with Gasteiger partial charge < -0.3 is 19.8 Å². The number of rotatable bonds is 12. The second-order valence-corrected chi connectivity index (χ2v) is 10.4. The standard InChI is InChI=1S/C29H32N10O3/c1-17-7-8-18(13-30-17)14-31-27(40)23-16-39(38-36-23)11-5-4-6-20-12-21-24(22-15-32-29(42-3)34-28(22)41-2)25(19-9-10-19)33-26(21)37-35-20/h7-8,12-13,15-16,19H,4-6,9-11,14H2,1-3H3,(H,31,40)(H,33,37). The fraction of sp³-hybridized carbons (Fsp3) is 0.379. The fourth-order valence-electron chi connectivity index (χ4n) is 4.88. The summed E-state index contributed by atoms with van der Waals surface area (Å²) in [6, 6.07) is 6.20. The number of aromatic nitrogens is 9. The van der Waals surface area contributed by atoms with Gasteiger partial charge in [-0.25, -0.2) is 4.98 Å². The highest BCUT2D eigenvalue weighted by Gasteiger charge is 2.31. The average molecular weight is 569 g/mol. The van der Waals surface area contributed by atoms with E-state index in [1.54, 1.807) is 30.4 Å². The van der Waals surface area contributed by atoms with Crippen LogP contribution in [0.1, 0.15) is 64.7 Å². The van der Waals surface area contributed by atoms with Gasteiger partial charge in [-0.2, -0.15) is 10.1 Å². The first-order chi connectivity index (χ1) is 20.5. The van der Waals surface area contributed by atoms with Crippen molar-refractivity contribution >= 4 is 16.9 Å². The van der Waals surface area contributed by atoms with Gasteiger partial charge in [0.25, 0.3) is 5.91 Å². The second kappa shape index (κ2) is 11.9. The molecule has 1 aliphatic carbocycles. The Labute approximate surface area is 242 Å². The molecule has 5 aromatic rings. The lowest BCUT2D eigenvalue weighted by Gasteiger charge is -2.10. The number of pyridine rings is 1. The topological polar surface area (TPSA) is 159 Å². The van der Waals surface area contributed by atoms with Crippen LogP contribution in [0.15, 0.2) is 36.8 Å². The molecular formula is C29H32N10O3. The molecule has 0 atom stereocenters. The maximum absolute atomic E-state index is 12.5. The van der Waals surface area contributed by atoms with Crippen LogP contribution in [0.3, 0.4) is 0 Å². The predicted molar refractivity (Wildman–Crippen MR) is 153 cm³/mol. The lowest BCUT2D eigenvalue weighted by atomic mass is 10.0. The molecule has 0 aliphatic heterocycles. The Morgan fingerprint density at radius 1 is 1.10 bits per heavy atom. The second-order valence-electron chi connectivity index (χ2n) is 10.4. The van der Waals surface area contributed by atoms with Crippen LogP contribution in [-0.4, -0.2) is 65.3 Å². The van der Waals surface area contributed by atoms with Gasteiger partial charge in [0.15, 0.2) is 11.3 Å². The number of hydrogen-bond donors (Lipinski definition) is 2. The molecule has 0 saturated heterocycles. The molecule has 0 spiro atoms. The van der Waals surface area contributed by atoms with E-state index in [0.29, 0.717) is 24.9 Å². The van der Waals surface area contributed by atoms with E-state index in [-0.39, 0.29) is 17.6 Å². The van der Waals surface area contributed by atoms with Gasteiger partial charge in [-0.1, -0.05) is 11.3 Å². The minimum absolute atomic E-state index is 0.254. The van der Waals surface area contributed by atoms with Gasteiger partial charge in [-0.3, -0.25) is 14.5 Å². The van der Waals surface area contributed by atoms with Crippen LogP contribution in [-0.2, 0) is 19.5 Å². The lowest BCUT2D eigenvalue weighted by Crippen LogP contribution is -2.23. The SMILES string of the molecule is COc1ncc(-c2c(C3CC3)[nH]c3nnc(CCCCn4cc(C(=O)NCc5ccc(C)nc5)nn4)cc23)c(OC)n1. The number of nitrogens with one attached hydrogen (secondary N) is 2. The van der Waals surface area contributed by atoms with Crippen LogP contribution in [0.2, 0.25) is 0 Å². The number of amides is 1. The molecule has 5 heterocycles. The van der Waals surface area contributed by atoms with Crippen LogP contribution in [0, 0.1) is 6.92 Å². The summed E-state index contributed by atoms with van der Waals surface area (Å²) in [4.78, 5) is 28.9. The third-order valence-electron chi connectivity index (χ3n) is 7.27. The fourth-order valence-corrected chi connectivity index (χ4v) is 4.88. The summed E-state index contributed by atoms with van der Waals surface area (Å²) in [7, 11) is 3.12. The van der Waals surface area contributed by atoms with Gasteiger partial charge in [0.05, 0.1) is 31.7 Å². The van der Waals surface area contributed by atoms with Crippen molar-refractivity contribution in [2.24, 2.45) is 0 Å². The molecule has 5 aromatic heterocycles. The third kappa shape index (κ3) is 5.90. The van der Waals surface area contributed by atoms with E-state index in [4.69, 9.17) is 9.47 Å². The normalized spacial score (nSPS) is 12.9. The number of nitrogens with zero attached hydrogens (tertiary/aromatic N) is 8. The highest BCUT2D eigenvalue weighted by Crippen LogP contribution is 2.48. The number of unbranched alkanes of at least 4 members (excludes halogenated alkanes) is 1. The zero-order chi connectivity index (χ0) is 29.1. The number of aromatic amines is 1. The Morgan fingerprint density at radius 2 is 1.98 bits per heavy atom. The highest BCUT2D eigenvalue weighted by molar-refractivity contribution is 5.97. The first-order valence-electron chi connectivity index (χ1n) is 14.0. The van der Waals surface area contributed by atoms with Crippen molar-refractivity contribution in [2.75, 3.05) is 14.2 Å². The van der Waals surface area contributed by atoms with Crippen molar-refractivity contribution in [1.29, 1.82) is 0 Å². The summed E-state index contributed by atoms with van der Waals surface area (Å²) in [5, 5.41) is 21.0. The molecule has 2 N–H and O–H groups in total. The molecular weight excluding hydrogens is 536 g/mol. The van der Waals surface area contributed by atoms with Gasteiger partial charge >= 0.3 is 6.01 Å². The van der Waals surface area contributed by atoms with Crippen LogP contribution in [0.4, 0.5) is 0 Å². The first-order valence-corrected chi connectivity index (χ1v) is 14.0. The van der Waals surface area contributed by atoms with Crippen molar-refractivity contribution < 1.29 is 14.3 Å². The highest BCUT2D eigenvalue weighted by atomic mass is 16.5. The summed E-state index contributed by atoms with van der Waals surface area (Å²) in [6.07, 6.45) is 9.86. The van der Waals surface area contributed by atoms with E-state index in [2.05, 4.69) is 51.8 Å². The van der Waals surface area contributed by atoms with Crippen LogP contribution in [0.5, 0.6) is 11.9 Å². The van der Waals surface area contributed by atoms with Gasteiger partial charge in [0.2, 0.25) is 5.88 Å². The van der Waals surface area contributed by atoms with E-state index < -0.39 is 0 Å². The molecule has 1 fully saturated rings. The van der Waals surface area contributed by atoms with Gasteiger partial charge in [0, 0.05) is 47.8 Å². The van der Waals surface area contributed by atoms with E-state index in [1.807, 2.05) is 19.1 Å². The number of methoxy groups -OCH3 is 2.